The van der Waals surface area contributed by atoms with Gasteiger partial charge in [0.15, 0.2) is 0 Å². The van der Waals surface area contributed by atoms with Gasteiger partial charge in [-0.1, -0.05) is 60.4 Å². The molecule has 0 aliphatic carbocycles. The Labute approximate surface area is 138 Å². The van der Waals surface area contributed by atoms with Crippen LogP contribution >= 0.6 is 0 Å². The number of nitriles is 1. The molecule has 0 saturated heterocycles. The van der Waals surface area contributed by atoms with Gasteiger partial charge in [-0.15, -0.1) is 0 Å². The number of carbonyl (C=O) groups excluding carboxylic acids is 1. The molecule has 0 aliphatic heterocycles. The summed E-state index contributed by atoms with van der Waals surface area (Å²) in [5, 5.41) is 9.65. The summed E-state index contributed by atoms with van der Waals surface area (Å²) < 4.78 is 84.6. The van der Waals surface area contributed by atoms with Crippen LogP contribution in [0, 0.1) is 11.3 Å². The zero-order valence-corrected chi connectivity index (χ0v) is 11.0. The highest BCUT2D eigenvalue weighted by Gasteiger charge is 2.19. The van der Waals surface area contributed by atoms with Crippen molar-refractivity contribution < 1.29 is 23.2 Å². The second-order valence-corrected chi connectivity index (χ2v) is 3.58. The van der Waals surface area contributed by atoms with Crippen LogP contribution in [0.3, 0.4) is 0 Å². The fraction of sp³-hybridized carbons (Fsp3) is 0.111. The highest BCUT2D eigenvalue weighted by atomic mass is 16.5. The first-order valence-corrected chi connectivity index (χ1v) is 5.88. The number of nitrogens with zero attached hydrogens (tertiary/aromatic N) is 1. The summed E-state index contributed by atoms with van der Waals surface area (Å²) in [7, 11) is 0. The van der Waals surface area contributed by atoms with Crippen molar-refractivity contribution in [1.29, 1.82) is 5.26 Å². The average molecular weight is 287 g/mol. The minimum absolute atomic E-state index is 0.168. The van der Waals surface area contributed by atoms with Crippen LogP contribution in [0.1, 0.15) is 31.8 Å². The Bertz CT molecular complexity index is 1050. The smallest absolute Gasteiger partial charge is 0.349 e. The number of rotatable bonds is 4. The lowest BCUT2D eigenvalue weighted by Gasteiger charge is -2.11. The van der Waals surface area contributed by atoms with Crippen molar-refractivity contribution in [1.82, 2.24) is 0 Å². The first-order valence-electron chi connectivity index (χ1n) is 10.9. The topological polar surface area (TPSA) is 50.1 Å². The standard InChI is InChI=1S/C18H15NO2/c1-2-21-18(20)16(13-19)17(14-9-5-3-6-10-14)15-11-7-4-8-12-15/h3-12H,2H2,1H3/i3D,4D,5D,6D,7D,8D,9D,10D,11D,12D. The highest BCUT2D eigenvalue weighted by Crippen LogP contribution is 2.27. The minimum Gasteiger partial charge on any atom is -0.462 e. The van der Waals surface area contributed by atoms with E-state index in [4.69, 9.17) is 18.4 Å². The maximum atomic E-state index is 12.5. The molecule has 3 nitrogen and oxygen atoms in total. The van der Waals surface area contributed by atoms with E-state index in [1.807, 2.05) is 0 Å². The van der Waals surface area contributed by atoms with E-state index in [2.05, 4.69) is 0 Å². The summed E-state index contributed by atoms with van der Waals surface area (Å²) in [6, 6.07) is -6.37. The number of esters is 1. The number of benzene rings is 2. The number of hydrogen-bond acceptors (Lipinski definition) is 3. The zero-order chi connectivity index (χ0) is 23.8. The van der Waals surface area contributed by atoms with Crippen LogP contribution in [0.15, 0.2) is 66.0 Å². The van der Waals surface area contributed by atoms with E-state index in [0.29, 0.717) is 0 Å². The second kappa shape index (κ2) is 7.06. The number of ether oxygens (including phenoxy) is 1. The molecule has 104 valence electrons. The Kier molecular flexibility index (Phi) is 2.11. The van der Waals surface area contributed by atoms with Gasteiger partial charge in [-0.05, 0) is 18.1 Å². The van der Waals surface area contributed by atoms with Gasteiger partial charge in [-0.3, -0.25) is 0 Å². The average Bonchev–Trinajstić information content (AvgIpc) is 2.74. The van der Waals surface area contributed by atoms with E-state index < -0.39 is 88.7 Å². The van der Waals surface area contributed by atoms with Gasteiger partial charge < -0.3 is 4.74 Å². The van der Waals surface area contributed by atoms with Crippen LogP contribution in [0.5, 0.6) is 0 Å². The van der Waals surface area contributed by atoms with Crippen molar-refractivity contribution in [2.75, 3.05) is 6.61 Å². The summed E-state index contributed by atoms with van der Waals surface area (Å²) in [4.78, 5) is 12.5. The van der Waals surface area contributed by atoms with Gasteiger partial charge >= 0.3 is 5.97 Å². The molecule has 0 unspecified atom stereocenters. The van der Waals surface area contributed by atoms with Gasteiger partial charge in [0.25, 0.3) is 0 Å². The summed E-state index contributed by atoms with van der Waals surface area (Å²) in [6.45, 7) is 1.28. The molecule has 0 spiro atoms. The maximum Gasteiger partial charge on any atom is 0.349 e. The molecule has 0 aliphatic rings. The molecule has 2 rings (SSSR count). The predicted molar refractivity (Wildman–Crippen MR) is 81.2 cm³/mol. The minimum atomic E-state index is -1.24. The highest BCUT2D eigenvalue weighted by molar-refractivity contribution is 6.05. The first-order chi connectivity index (χ1) is 14.4. The molecule has 2 aromatic carbocycles. The Morgan fingerprint density at radius 3 is 1.95 bits per heavy atom. The van der Waals surface area contributed by atoms with Crippen molar-refractivity contribution in [3.05, 3.63) is 77.1 Å². The Balaban J connectivity index is 3.24. The van der Waals surface area contributed by atoms with Gasteiger partial charge in [-0.2, -0.15) is 5.26 Å². The molecule has 3 heteroatoms. The monoisotopic (exact) mass is 287 g/mol. The van der Waals surface area contributed by atoms with Crippen LogP contribution in [0.25, 0.3) is 5.57 Å². The lowest BCUT2D eigenvalue weighted by molar-refractivity contribution is -0.137. The number of carbonyl (C=O) groups is 1. The fourth-order valence-corrected chi connectivity index (χ4v) is 1.53. The second-order valence-electron chi connectivity index (χ2n) is 3.58. The van der Waals surface area contributed by atoms with E-state index in [0.717, 1.165) is 0 Å². The Morgan fingerprint density at radius 1 is 1.10 bits per heavy atom. The van der Waals surface area contributed by atoms with Gasteiger partial charge in [0.05, 0.1) is 20.3 Å². The molecule has 0 fully saturated rings. The van der Waals surface area contributed by atoms with Crippen molar-refractivity contribution in [3.8, 4) is 6.07 Å². The molecule has 0 atom stereocenters. The van der Waals surface area contributed by atoms with Gasteiger partial charge in [0, 0.05) is 5.57 Å². The van der Waals surface area contributed by atoms with Crippen molar-refractivity contribution >= 4 is 11.5 Å². The van der Waals surface area contributed by atoms with Gasteiger partial charge in [0.1, 0.15) is 11.6 Å². The third-order valence-electron chi connectivity index (χ3n) is 2.34. The third-order valence-corrected chi connectivity index (χ3v) is 2.34. The van der Waals surface area contributed by atoms with Crippen LogP contribution in [0.2, 0.25) is 0 Å². The zero-order valence-electron chi connectivity index (χ0n) is 21.0. The molecule has 0 aromatic heterocycles. The third kappa shape index (κ3) is 3.37. The molecular weight excluding hydrogens is 262 g/mol. The summed E-state index contributed by atoms with van der Waals surface area (Å²) in [5.41, 5.74) is -2.88. The molecule has 0 N–H and O–H groups in total. The van der Waals surface area contributed by atoms with Crippen molar-refractivity contribution in [3.63, 3.8) is 0 Å². The van der Waals surface area contributed by atoms with Gasteiger partial charge in [-0.25, -0.2) is 4.79 Å². The fourth-order valence-electron chi connectivity index (χ4n) is 1.53. The van der Waals surface area contributed by atoms with Crippen molar-refractivity contribution in [2.45, 2.75) is 6.92 Å². The molecule has 0 saturated carbocycles. The summed E-state index contributed by atoms with van der Waals surface area (Å²) in [5.74, 6) is -1.24. The van der Waals surface area contributed by atoms with E-state index in [1.165, 1.54) is 13.0 Å². The van der Waals surface area contributed by atoms with E-state index >= 15 is 0 Å². The molecule has 0 radical (unpaired) electrons. The van der Waals surface area contributed by atoms with E-state index in [1.54, 1.807) is 0 Å². The van der Waals surface area contributed by atoms with Crippen molar-refractivity contribution in [2.24, 2.45) is 0 Å². The summed E-state index contributed by atoms with van der Waals surface area (Å²) >= 11 is 0. The van der Waals surface area contributed by atoms with Crippen LogP contribution in [-0.4, -0.2) is 12.6 Å². The van der Waals surface area contributed by atoms with E-state index in [-0.39, 0.29) is 6.61 Å². The predicted octanol–water partition coefficient (Wildman–Crippen LogP) is 3.58. The largest absolute Gasteiger partial charge is 0.462 e. The maximum absolute atomic E-state index is 12.5. The molecule has 0 heterocycles. The first kappa shape index (κ1) is 6.28. The molecule has 21 heavy (non-hydrogen) atoms. The van der Waals surface area contributed by atoms with E-state index in [9.17, 15) is 10.1 Å². The molecular formula is C18H15NO2. The number of hydrogen-bond donors (Lipinski definition) is 0. The molecule has 0 bridgehead atoms. The van der Waals surface area contributed by atoms with Gasteiger partial charge in [0.2, 0.25) is 0 Å². The SMILES string of the molecule is [2H]c1c([2H])c([2H])c(C(=C(C#N)C(=O)OCC)c2c([2H])c([2H])c([2H])c([2H])c2[2H])c([2H])c1[2H]. The normalized spacial score (nSPS) is 16.2. The Hall–Kier alpha value is -2.86. The summed E-state index contributed by atoms with van der Waals surface area (Å²) in [6.07, 6.45) is 0. The lowest BCUT2D eigenvalue weighted by atomic mass is 9.93. The quantitative estimate of drug-likeness (QED) is 0.490. The molecule has 2 aromatic rings. The van der Waals surface area contributed by atoms with Crippen LogP contribution in [-0.2, 0) is 9.53 Å². The Morgan fingerprint density at radius 2 is 1.57 bits per heavy atom. The van der Waals surface area contributed by atoms with Crippen LogP contribution < -0.4 is 0 Å². The lowest BCUT2D eigenvalue weighted by Crippen LogP contribution is -2.09. The molecule has 0 amide bonds. The van der Waals surface area contributed by atoms with Crippen LogP contribution in [0.4, 0.5) is 0 Å².